The van der Waals surface area contributed by atoms with Gasteiger partial charge in [0.05, 0.1) is 19.1 Å². The maximum atomic E-state index is 5.34. The van der Waals surface area contributed by atoms with E-state index in [9.17, 15) is 0 Å². The Labute approximate surface area is 145 Å². The van der Waals surface area contributed by atoms with Crippen LogP contribution in [0.1, 0.15) is 0 Å². The molecule has 2 aromatic carbocycles. The molecule has 2 atom stereocenters. The summed E-state index contributed by atoms with van der Waals surface area (Å²) in [5.41, 5.74) is 3.57. The highest BCUT2D eigenvalue weighted by molar-refractivity contribution is 8.00. The second-order valence-electron chi connectivity index (χ2n) is 5.95. The van der Waals surface area contributed by atoms with E-state index in [1.165, 1.54) is 26.4 Å². The molecular formula is C19H20N3OS+. The third-order valence-corrected chi connectivity index (χ3v) is 5.80. The second kappa shape index (κ2) is 6.00. The lowest BCUT2D eigenvalue weighted by molar-refractivity contribution is -0.819. The van der Waals surface area contributed by atoms with Crippen LogP contribution in [0.3, 0.4) is 0 Å². The lowest BCUT2D eigenvalue weighted by Crippen LogP contribution is -3.06. The number of hydrogen-bond acceptors (Lipinski definition) is 3. The number of aromatic nitrogens is 1. The molecular weight excluding hydrogens is 318 g/mol. The molecule has 0 radical (unpaired) electrons. The summed E-state index contributed by atoms with van der Waals surface area (Å²) in [7, 11) is 5.95. The SMILES string of the molecule is COc1ccc2c(c1)SC(/N=c1\ccc3ccccc3n1C)[NH+]2C. The van der Waals surface area contributed by atoms with Crippen molar-refractivity contribution in [3.05, 3.63) is 60.1 Å². The molecule has 4 nitrogen and oxygen atoms in total. The number of ether oxygens (including phenoxy) is 1. The highest BCUT2D eigenvalue weighted by atomic mass is 32.2. The van der Waals surface area contributed by atoms with Crippen LogP contribution in [0.2, 0.25) is 0 Å². The number of nitrogens with one attached hydrogen (secondary N) is 1. The van der Waals surface area contributed by atoms with E-state index in [2.05, 4.69) is 67.2 Å². The van der Waals surface area contributed by atoms with Gasteiger partial charge in [-0.25, -0.2) is 0 Å². The summed E-state index contributed by atoms with van der Waals surface area (Å²) < 4.78 is 7.50. The first-order chi connectivity index (χ1) is 11.7. The molecule has 1 aliphatic rings. The first-order valence-electron chi connectivity index (χ1n) is 7.94. The van der Waals surface area contributed by atoms with Crippen molar-refractivity contribution in [2.24, 2.45) is 12.0 Å². The van der Waals surface area contributed by atoms with Crippen LogP contribution in [-0.4, -0.2) is 24.2 Å². The number of thioether (sulfide) groups is 1. The molecule has 1 N–H and O–H groups in total. The number of pyridine rings is 1. The predicted molar refractivity (Wildman–Crippen MR) is 97.7 cm³/mol. The quantitative estimate of drug-likeness (QED) is 0.777. The van der Waals surface area contributed by atoms with Crippen molar-refractivity contribution in [1.29, 1.82) is 0 Å². The van der Waals surface area contributed by atoms with Gasteiger partial charge in [-0.3, -0.25) is 4.90 Å². The minimum absolute atomic E-state index is 0.111. The van der Waals surface area contributed by atoms with E-state index in [4.69, 9.17) is 9.73 Å². The Morgan fingerprint density at radius 3 is 2.79 bits per heavy atom. The lowest BCUT2D eigenvalue weighted by Gasteiger charge is -2.13. The third-order valence-electron chi connectivity index (χ3n) is 4.53. The summed E-state index contributed by atoms with van der Waals surface area (Å²) >= 11 is 1.79. The van der Waals surface area contributed by atoms with Crippen LogP contribution in [-0.2, 0) is 7.05 Å². The van der Waals surface area contributed by atoms with Gasteiger partial charge in [-0.2, -0.15) is 4.99 Å². The molecule has 2 heterocycles. The van der Waals surface area contributed by atoms with Gasteiger partial charge >= 0.3 is 0 Å². The number of rotatable bonds is 2. The van der Waals surface area contributed by atoms with Crippen molar-refractivity contribution >= 4 is 28.4 Å². The summed E-state index contributed by atoms with van der Waals surface area (Å²) in [6.07, 6.45) is 0. The summed E-state index contributed by atoms with van der Waals surface area (Å²) in [6, 6.07) is 18.9. The minimum Gasteiger partial charge on any atom is -0.497 e. The Morgan fingerprint density at radius 1 is 1.12 bits per heavy atom. The summed E-state index contributed by atoms with van der Waals surface area (Å²) in [5.74, 6) is 0.894. The fourth-order valence-corrected chi connectivity index (χ4v) is 4.35. The van der Waals surface area contributed by atoms with Crippen LogP contribution in [0.15, 0.2) is 64.5 Å². The van der Waals surface area contributed by atoms with E-state index >= 15 is 0 Å². The number of aryl methyl sites for hydroxylation is 1. The number of quaternary nitrogens is 1. The number of nitrogens with zero attached hydrogens (tertiary/aromatic N) is 2. The van der Waals surface area contributed by atoms with Gasteiger partial charge in [0.1, 0.15) is 16.9 Å². The topological polar surface area (TPSA) is 31.0 Å². The first kappa shape index (κ1) is 15.3. The molecule has 0 spiro atoms. The van der Waals surface area contributed by atoms with Gasteiger partial charge in [-0.1, -0.05) is 18.2 Å². The molecule has 5 heteroatoms. The molecule has 3 aromatic rings. The minimum atomic E-state index is 0.111. The normalized spacial score (nSPS) is 20.4. The van der Waals surface area contributed by atoms with Gasteiger partial charge in [0.15, 0.2) is 0 Å². The zero-order valence-corrected chi connectivity index (χ0v) is 14.8. The molecule has 4 rings (SSSR count). The fourth-order valence-electron chi connectivity index (χ4n) is 3.10. The molecule has 0 amide bonds. The molecule has 2 unspecified atom stereocenters. The van der Waals surface area contributed by atoms with E-state index in [1.807, 2.05) is 6.07 Å². The largest absolute Gasteiger partial charge is 0.497 e. The summed E-state index contributed by atoms with van der Waals surface area (Å²) in [5, 5.41) is 1.23. The zero-order valence-electron chi connectivity index (χ0n) is 14.0. The van der Waals surface area contributed by atoms with Crippen molar-refractivity contribution in [2.75, 3.05) is 14.2 Å². The molecule has 1 aromatic heterocycles. The van der Waals surface area contributed by atoms with Crippen molar-refractivity contribution in [3.63, 3.8) is 0 Å². The van der Waals surface area contributed by atoms with E-state index < -0.39 is 0 Å². The van der Waals surface area contributed by atoms with Gasteiger partial charge in [0.2, 0.25) is 5.50 Å². The lowest BCUT2D eigenvalue weighted by atomic mass is 10.2. The maximum Gasteiger partial charge on any atom is 0.240 e. The average Bonchev–Trinajstić information content (AvgIpc) is 2.93. The van der Waals surface area contributed by atoms with E-state index in [0.717, 1.165) is 11.2 Å². The summed E-state index contributed by atoms with van der Waals surface area (Å²) in [4.78, 5) is 7.54. The molecule has 0 saturated carbocycles. The Morgan fingerprint density at radius 2 is 1.96 bits per heavy atom. The van der Waals surface area contributed by atoms with Gasteiger partial charge in [-0.05, 0) is 47.5 Å². The predicted octanol–water partition coefficient (Wildman–Crippen LogP) is 2.32. The van der Waals surface area contributed by atoms with Crippen molar-refractivity contribution in [1.82, 2.24) is 4.57 Å². The zero-order chi connectivity index (χ0) is 16.7. The maximum absolute atomic E-state index is 5.34. The number of fused-ring (bicyclic) bond motifs is 2. The van der Waals surface area contributed by atoms with Crippen molar-refractivity contribution < 1.29 is 9.64 Å². The second-order valence-corrected chi connectivity index (χ2v) is 7.08. The van der Waals surface area contributed by atoms with Crippen LogP contribution in [0.25, 0.3) is 10.9 Å². The molecule has 0 bridgehead atoms. The molecule has 0 aliphatic carbocycles. The highest BCUT2D eigenvalue weighted by Crippen LogP contribution is 2.35. The Balaban J connectivity index is 1.76. The van der Waals surface area contributed by atoms with Gasteiger partial charge in [0, 0.05) is 18.6 Å². The molecule has 0 fully saturated rings. The van der Waals surface area contributed by atoms with Crippen LogP contribution in [0.5, 0.6) is 5.75 Å². The molecule has 122 valence electrons. The number of benzene rings is 2. The Kier molecular flexibility index (Phi) is 3.82. The van der Waals surface area contributed by atoms with Crippen molar-refractivity contribution in [2.45, 2.75) is 10.4 Å². The van der Waals surface area contributed by atoms with Crippen LogP contribution in [0.4, 0.5) is 5.69 Å². The Hall–Kier alpha value is -2.24. The van der Waals surface area contributed by atoms with Crippen LogP contribution < -0.4 is 15.1 Å². The monoisotopic (exact) mass is 338 g/mol. The molecule has 1 aliphatic heterocycles. The van der Waals surface area contributed by atoms with Crippen LogP contribution >= 0.6 is 11.8 Å². The van der Waals surface area contributed by atoms with Gasteiger partial charge in [0.25, 0.3) is 0 Å². The fraction of sp³-hybridized carbons (Fsp3) is 0.211. The third kappa shape index (κ3) is 2.50. The molecule has 0 saturated heterocycles. The molecule has 24 heavy (non-hydrogen) atoms. The van der Waals surface area contributed by atoms with E-state index in [-0.39, 0.29) is 5.50 Å². The number of methoxy groups -OCH3 is 1. The van der Waals surface area contributed by atoms with Gasteiger partial charge < -0.3 is 9.30 Å². The Bertz CT molecular complexity index is 980. The van der Waals surface area contributed by atoms with E-state index in [1.54, 1.807) is 18.9 Å². The smallest absolute Gasteiger partial charge is 0.240 e. The van der Waals surface area contributed by atoms with E-state index in [0.29, 0.717) is 0 Å². The van der Waals surface area contributed by atoms with Gasteiger partial charge in [-0.15, -0.1) is 0 Å². The average molecular weight is 338 g/mol. The first-order valence-corrected chi connectivity index (χ1v) is 8.82. The van der Waals surface area contributed by atoms with Crippen molar-refractivity contribution in [3.8, 4) is 5.75 Å². The van der Waals surface area contributed by atoms with Crippen LogP contribution in [0, 0.1) is 0 Å². The number of hydrogen-bond donors (Lipinski definition) is 1. The standard InChI is InChI=1S/C19H19N3OS/c1-21-15-7-5-4-6-13(15)8-11-18(21)20-19-22(2)16-10-9-14(23-3)12-17(16)24-19/h4-12,19H,1-3H3/p+1/b20-18+. The number of para-hydroxylation sites is 1. The highest BCUT2D eigenvalue weighted by Gasteiger charge is 2.32. The summed E-state index contributed by atoms with van der Waals surface area (Å²) in [6.45, 7) is 0.